The largest absolute Gasteiger partial charge is 0.748 e. The van der Waals surface area contributed by atoms with Crippen molar-refractivity contribution >= 4 is 0 Å². The molecule has 0 atom stereocenters. The average molecular weight is 494 g/mol. The molecule has 0 aromatic heterocycles. The van der Waals surface area contributed by atoms with E-state index < -0.39 is 0 Å². The van der Waals surface area contributed by atoms with Gasteiger partial charge in [0, 0.05) is 34.1 Å². The second-order valence-corrected chi connectivity index (χ2v) is 6.35. The van der Waals surface area contributed by atoms with Crippen molar-refractivity contribution in [1.82, 2.24) is 0 Å². The van der Waals surface area contributed by atoms with Crippen LogP contribution in [0.15, 0.2) is 133 Å². The topological polar surface area (TPSA) is 0 Å². The first-order chi connectivity index (χ1) is 14.9. The summed E-state index contributed by atoms with van der Waals surface area (Å²) >= 11 is 0. The molecular formula is C30H22Fe2-8. The molecule has 0 N–H and O–H groups in total. The van der Waals surface area contributed by atoms with Crippen molar-refractivity contribution in [1.29, 1.82) is 0 Å². The van der Waals surface area contributed by atoms with Crippen molar-refractivity contribution in [3.8, 4) is 23.7 Å². The van der Waals surface area contributed by atoms with E-state index in [4.69, 9.17) is 0 Å². The third-order valence-corrected chi connectivity index (χ3v) is 4.00. The third kappa shape index (κ3) is 10.7. The van der Waals surface area contributed by atoms with Crippen LogP contribution in [0.2, 0.25) is 0 Å². The first-order valence-electron chi connectivity index (χ1n) is 9.81. The van der Waals surface area contributed by atoms with Crippen LogP contribution in [-0.4, -0.2) is 0 Å². The van der Waals surface area contributed by atoms with Crippen LogP contribution in [0.4, 0.5) is 0 Å². The van der Waals surface area contributed by atoms with E-state index in [9.17, 15) is 0 Å². The molecule has 0 heterocycles. The van der Waals surface area contributed by atoms with Gasteiger partial charge in [-0.3, -0.25) is 0 Å². The second-order valence-electron chi connectivity index (χ2n) is 6.35. The summed E-state index contributed by atoms with van der Waals surface area (Å²) < 4.78 is 0. The molecule has 0 aliphatic carbocycles. The molecular weight excluding hydrogens is 472 g/mol. The van der Waals surface area contributed by atoms with Gasteiger partial charge in [0.15, 0.2) is 0 Å². The van der Waals surface area contributed by atoms with Crippen LogP contribution in [0.3, 0.4) is 0 Å². The zero-order valence-corrected chi connectivity index (χ0v) is 19.6. The van der Waals surface area contributed by atoms with Gasteiger partial charge in [0.05, 0.1) is 0 Å². The van der Waals surface area contributed by atoms with E-state index in [0.29, 0.717) is 0 Å². The molecule has 0 radical (unpaired) electrons. The van der Waals surface area contributed by atoms with E-state index in [1.54, 1.807) is 0 Å². The van der Waals surface area contributed by atoms with Crippen LogP contribution >= 0.6 is 0 Å². The van der Waals surface area contributed by atoms with Crippen LogP contribution in [0, 0.1) is 23.7 Å². The van der Waals surface area contributed by atoms with Gasteiger partial charge in [-0.05, 0) is 11.1 Å². The maximum Gasteiger partial charge on any atom is 0 e. The second kappa shape index (κ2) is 16.5. The minimum absolute atomic E-state index is 0. The van der Waals surface area contributed by atoms with E-state index in [0.717, 1.165) is 22.3 Å². The molecule has 166 valence electrons. The van der Waals surface area contributed by atoms with Crippen LogP contribution in [-0.2, 0) is 34.1 Å². The summed E-state index contributed by atoms with van der Waals surface area (Å²) in [6.45, 7) is 0. The predicted molar refractivity (Wildman–Crippen MR) is 127 cm³/mol. The molecule has 0 aliphatic heterocycles. The Morgan fingerprint density at radius 1 is 0.531 bits per heavy atom. The summed E-state index contributed by atoms with van der Waals surface area (Å²) in [5, 5.41) is 0. The molecule has 0 bridgehead atoms. The van der Waals surface area contributed by atoms with Gasteiger partial charge in [0.25, 0.3) is 0 Å². The molecule has 32 heavy (non-hydrogen) atoms. The monoisotopic (exact) mass is 494 g/mol. The van der Waals surface area contributed by atoms with Gasteiger partial charge < -0.3 is 30.3 Å². The SMILES string of the molecule is C(#C[c-]1cccc1)c1cccc(C#C[c-]2cccc2)c1.[Fe].[Fe].[cH-]1[cH-][cH-][cH-][cH-]1.c1cc[cH-]c1. The van der Waals surface area contributed by atoms with Crippen LogP contribution in [0.1, 0.15) is 22.3 Å². The zero-order valence-electron chi connectivity index (χ0n) is 17.4. The Hall–Kier alpha value is -3.22. The molecule has 0 fully saturated rings. The minimum atomic E-state index is 0. The Balaban J connectivity index is 0.000000353. The third-order valence-electron chi connectivity index (χ3n) is 4.00. The van der Waals surface area contributed by atoms with Gasteiger partial charge in [0.1, 0.15) is 0 Å². The number of hydrogen-bond donors (Lipinski definition) is 0. The van der Waals surface area contributed by atoms with E-state index in [1.807, 2.05) is 133 Å². The summed E-state index contributed by atoms with van der Waals surface area (Å²) in [6.07, 6.45) is 0. The van der Waals surface area contributed by atoms with E-state index in [1.165, 1.54) is 0 Å². The van der Waals surface area contributed by atoms with Gasteiger partial charge in [0.2, 0.25) is 0 Å². The van der Waals surface area contributed by atoms with Crippen molar-refractivity contribution in [2.45, 2.75) is 0 Å². The molecule has 0 saturated carbocycles. The van der Waals surface area contributed by atoms with Crippen molar-refractivity contribution in [2.24, 2.45) is 0 Å². The van der Waals surface area contributed by atoms with Gasteiger partial charge in [-0.25, -0.2) is 12.1 Å². The predicted octanol–water partition coefficient (Wildman–Crippen LogP) is 6.73. The van der Waals surface area contributed by atoms with Crippen molar-refractivity contribution < 1.29 is 34.1 Å². The first-order valence-corrected chi connectivity index (χ1v) is 9.81. The molecule has 5 aromatic carbocycles. The average Bonchev–Trinajstić information content (AvgIpc) is 3.62. The molecule has 0 saturated heterocycles. The molecule has 0 spiro atoms. The summed E-state index contributed by atoms with van der Waals surface area (Å²) in [4.78, 5) is 0. The Morgan fingerprint density at radius 2 is 0.938 bits per heavy atom. The van der Waals surface area contributed by atoms with Crippen molar-refractivity contribution in [2.75, 3.05) is 0 Å². The number of hydrogen-bond acceptors (Lipinski definition) is 0. The molecule has 2 heteroatoms. The normalized spacial score (nSPS) is 8.25. The van der Waals surface area contributed by atoms with E-state index >= 15 is 0 Å². The molecule has 0 amide bonds. The quantitative estimate of drug-likeness (QED) is 0.127. The first kappa shape index (κ1) is 26.8. The van der Waals surface area contributed by atoms with Gasteiger partial charge in [-0.15, -0.1) is 24.3 Å². The van der Waals surface area contributed by atoms with Gasteiger partial charge >= 0.3 is 0 Å². The Kier molecular flexibility index (Phi) is 13.8. The Labute approximate surface area is 212 Å². The Bertz CT molecular complexity index is 1040. The summed E-state index contributed by atoms with van der Waals surface area (Å²) in [7, 11) is 0. The molecule has 5 rings (SSSR count). The fraction of sp³-hybridized carbons (Fsp3) is 0. The molecule has 5 aromatic rings. The van der Waals surface area contributed by atoms with Crippen LogP contribution in [0.5, 0.6) is 0 Å². The van der Waals surface area contributed by atoms with Gasteiger partial charge in [-0.1, -0.05) is 35.4 Å². The molecule has 0 unspecified atom stereocenters. The zero-order chi connectivity index (χ0) is 20.7. The molecule has 0 aliphatic rings. The fourth-order valence-corrected chi connectivity index (χ4v) is 2.52. The summed E-state index contributed by atoms with van der Waals surface area (Å²) in [5.41, 5.74) is 4.05. The van der Waals surface area contributed by atoms with Crippen molar-refractivity contribution in [3.63, 3.8) is 0 Å². The number of benzene rings is 1. The van der Waals surface area contributed by atoms with E-state index in [2.05, 4.69) is 23.7 Å². The summed E-state index contributed by atoms with van der Waals surface area (Å²) in [6, 6.07) is 44.0. The Morgan fingerprint density at radius 3 is 1.28 bits per heavy atom. The maximum atomic E-state index is 3.16. The summed E-state index contributed by atoms with van der Waals surface area (Å²) in [5.74, 6) is 12.6. The molecule has 0 nitrogen and oxygen atoms in total. The fourth-order valence-electron chi connectivity index (χ4n) is 2.52. The maximum absolute atomic E-state index is 3.16. The van der Waals surface area contributed by atoms with Crippen LogP contribution in [0.25, 0.3) is 0 Å². The smallest absolute Gasteiger partial charge is 0 e. The van der Waals surface area contributed by atoms with Crippen molar-refractivity contribution in [3.05, 3.63) is 156 Å². The van der Waals surface area contributed by atoms with Gasteiger partial charge in [-0.2, -0.15) is 66.1 Å². The number of rotatable bonds is 0. The van der Waals surface area contributed by atoms with Crippen LogP contribution < -0.4 is 0 Å². The van der Waals surface area contributed by atoms with E-state index in [-0.39, 0.29) is 34.1 Å². The minimum Gasteiger partial charge on any atom is -0.748 e. The standard InChI is InChI=1S/C20H12.2C5H5.2Fe/c1-2-7-17(6-1)12-14-19-10-5-11-20(16-19)15-13-18-8-3-4-9-18;2*1-2-4-5-3-1;;/h1-11,16H;2*1-5H;;/q-2;-5;-1;;.